The fraction of sp³-hybridized carbons (Fsp3) is 0.178. The van der Waals surface area contributed by atoms with Crippen LogP contribution < -0.4 is 0 Å². The highest BCUT2D eigenvalue weighted by atomic mass is 14.8. The number of benzene rings is 4. The van der Waals surface area contributed by atoms with Gasteiger partial charge in [0.1, 0.15) is 12.7 Å². The standard InChI is InChI=1S/C45H41N5/c1-44(2,3)40-19-36(20-41(23-40)45(4,5)6)31-11-8-14-34(17-31)42-21-37(30-10-7-12-32(16-30)38-24-46-28-47-25-38)22-43(50-42)35-15-9-13-33(18-35)39-26-48-29-49-27-39/h7-29H,1-6H3. The van der Waals surface area contributed by atoms with Crippen molar-refractivity contribution in [3.05, 3.63) is 152 Å². The molecule has 4 aromatic carbocycles. The topological polar surface area (TPSA) is 64.5 Å². The van der Waals surface area contributed by atoms with E-state index in [2.05, 4.69) is 165 Å². The third kappa shape index (κ3) is 7.13. The SMILES string of the molecule is CC(C)(C)c1cc(-c2cccc(-c3cc(-c4cccc(-c5cncnc5)c4)cc(-c4cccc(-c5cncnc5)c4)n3)c2)cc(C(C)(C)C)c1. The Labute approximate surface area is 295 Å². The Balaban J connectivity index is 1.38. The summed E-state index contributed by atoms with van der Waals surface area (Å²) in [5.74, 6) is 0. The molecule has 5 heteroatoms. The number of nitrogens with zero attached hydrogens (tertiary/aromatic N) is 5. The highest BCUT2D eigenvalue weighted by Gasteiger charge is 2.21. The first kappa shape index (κ1) is 32.7. The van der Waals surface area contributed by atoms with Gasteiger partial charge in [0.25, 0.3) is 0 Å². The first-order valence-corrected chi connectivity index (χ1v) is 17.0. The Morgan fingerprint density at radius 3 is 1.08 bits per heavy atom. The summed E-state index contributed by atoms with van der Waals surface area (Å²) >= 11 is 0. The van der Waals surface area contributed by atoms with E-state index in [-0.39, 0.29) is 10.8 Å². The van der Waals surface area contributed by atoms with Crippen LogP contribution in [0, 0.1) is 0 Å². The third-order valence-corrected chi connectivity index (χ3v) is 9.12. The minimum atomic E-state index is 0.0270. The number of rotatable bonds is 6. The Morgan fingerprint density at radius 1 is 0.340 bits per heavy atom. The summed E-state index contributed by atoms with van der Waals surface area (Å²) in [5, 5.41) is 0. The van der Waals surface area contributed by atoms with Crippen molar-refractivity contribution in [1.82, 2.24) is 24.9 Å². The smallest absolute Gasteiger partial charge is 0.115 e. The Kier molecular flexibility index (Phi) is 8.67. The molecule has 0 amide bonds. The van der Waals surface area contributed by atoms with Gasteiger partial charge in [-0.15, -0.1) is 0 Å². The first-order valence-electron chi connectivity index (χ1n) is 17.0. The summed E-state index contributed by atoms with van der Waals surface area (Å²) in [6.45, 7) is 13.7. The summed E-state index contributed by atoms with van der Waals surface area (Å²) in [5.41, 5.74) is 15.2. The van der Waals surface area contributed by atoms with Crippen LogP contribution in [0.15, 0.2) is 141 Å². The van der Waals surface area contributed by atoms with Gasteiger partial charge >= 0.3 is 0 Å². The lowest BCUT2D eigenvalue weighted by atomic mass is 9.79. The fourth-order valence-corrected chi connectivity index (χ4v) is 6.14. The van der Waals surface area contributed by atoms with E-state index in [0.717, 1.165) is 55.9 Å². The van der Waals surface area contributed by atoms with Crippen molar-refractivity contribution in [2.45, 2.75) is 52.4 Å². The van der Waals surface area contributed by atoms with Gasteiger partial charge in [0, 0.05) is 47.0 Å². The second-order valence-electron chi connectivity index (χ2n) is 14.9. The maximum absolute atomic E-state index is 5.31. The average Bonchev–Trinajstić information content (AvgIpc) is 3.14. The number of aromatic nitrogens is 5. The fourth-order valence-electron chi connectivity index (χ4n) is 6.14. The van der Waals surface area contributed by atoms with Gasteiger partial charge in [-0.25, -0.2) is 24.9 Å². The van der Waals surface area contributed by atoms with Gasteiger partial charge in [-0.2, -0.15) is 0 Å². The minimum absolute atomic E-state index is 0.0270. The van der Waals surface area contributed by atoms with Gasteiger partial charge in [0.2, 0.25) is 0 Å². The zero-order chi connectivity index (χ0) is 34.9. The van der Waals surface area contributed by atoms with Crippen LogP contribution in [0.2, 0.25) is 0 Å². The molecule has 0 bridgehead atoms. The quantitative estimate of drug-likeness (QED) is 0.179. The molecule has 0 fully saturated rings. The molecular weight excluding hydrogens is 611 g/mol. The molecule has 0 aliphatic rings. The third-order valence-electron chi connectivity index (χ3n) is 9.12. The average molecular weight is 652 g/mol. The number of hydrogen-bond donors (Lipinski definition) is 0. The van der Waals surface area contributed by atoms with E-state index in [1.165, 1.54) is 22.3 Å². The highest BCUT2D eigenvalue weighted by molar-refractivity contribution is 5.82. The lowest BCUT2D eigenvalue weighted by molar-refractivity contribution is 0.569. The van der Waals surface area contributed by atoms with Crippen molar-refractivity contribution in [3.8, 4) is 67.0 Å². The Bertz CT molecular complexity index is 2150. The van der Waals surface area contributed by atoms with E-state index >= 15 is 0 Å². The predicted octanol–water partition coefficient (Wildman–Crippen LogP) is 11.3. The molecule has 0 saturated carbocycles. The molecule has 0 spiro atoms. The molecule has 0 radical (unpaired) electrons. The molecule has 0 aliphatic carbocycles. The lowest BCUT2D eigenvalue weighted by Gasteiger charge is -2.26. The molecule has 3 aromatic heterocycles. The van der Waals surface area contributed by atoms with Crippen molar-refractivity contribution in [3.63, 3.8) is 0 Å². The van der Waals surface area contributed by atoms with Crippen LogP contribution in [0.5, 0.6) is 0 Å². The van der Waals surface area contributed by atoms with Gasteiger partial charge < -0.3 is 0 Å². The van der Waals surface area contributed by atoms with Crippen LogP contribution in [-0.4, -0.2) is 24.9 Å². The van der Waals surface area contributed by atoms with Crippen molar-refractivity contribution < 1.29 is 0 Å². The molecule has 0 aliphatic heterocycles. The molecule has 5 nitrogen and oxygen atoms in total. The summed E-state index contributed by atoms with van der Waals surface area (Å²) in [6, 6.07) is 37.2. The lowest BCUT2D eigenvalue weighted by Crippen LogP contribution is -2.16. The summed E-state index contributed by atoms with van der Waals surface area (Å²) < 4.78 is 0. The number of hydrogen-bond acceptors (Lipinski definition) is 5. The van der Waals surface area contributed by atoms with Gasteiger partial charge in [-0.1, -0.05) is 114 Å². The highest BCUT2D eigenvalue weighted by Crippen LogP contribution is 2.37. The van der Waals surface area contributed by atoms with Gasteiger partial charge in [-0.05, 0) is 85.7 Å². The molecule has 246 valence electrons. The van der Waals surface area contributed by atoms with Crippen LogP contribution in [0.1, 0.15) is 52.7 Å². The molecule has 7 rings (SSSR count). The van der Waals surface area contributed by atoms with Crippen LogP contribution in [0.25, 0.3) is 67.0 Å². The van der Waals surface area contributed by atoms with Crippen molar-refractivity contribution in [2.75, 3.05) is 0 Å². The second-order valence-corrected chi connectivity index (χ2v) is 14.9. The van der Waals surface area contributed by atoms with Crippen LogP contribution >= 0.6 is 0 Å². The van der Waals surface area contributed by atoms with Crippen LogP contribution in [0.4, 0.5) is 0 Å². The normalized spacial score (nSPS) is 11.8. The zero-order valence-electron chi connectivity index (χ0n) is 29.5. The summed E-state index contributed by atoms with van der Waals surface area (Å²) in [4.78, 5) is 22.3. The van der Waals surface area contributed by atoms with Crippen LogP contribution in [0.3, 0.4) is 0 Å². The van der Waals surface area contributed by atoms with E-state index in [9.17, 15) is 0 Å². The molecule has 0 unspecified atom stereocenters. The van der Waals surface area contributed by atoms with E-state index in [1.54, 1.807) is 12.7 Å². The van der Waals surface area contributed by atoms with E-state index < -0.39 is 0 Å². The molecule has 3 heterocycles. The van der Waals surface area contributed by atoms with E-state index in [1.807, 2.05) is 24.8 Å². The Hall–Kier alpha value is -5.81. The molecular formula is C45H41N5. The minimum Gasteiger partial charge on any atom is -0.248 e. The Morgan fingerprint density at radius 2 is 0.680 bits per heavy atom. The van der Waals surface area contributed by atoms with Gasteiger partial charge in [-0.3, -0.25) is 0 Å². The summed E-state index contributed by atoms with van der Waals surface area (Å²) in [6.07, 6.45) is 10.5. The zero-order valence-corrected chi connectivity index (χ0v) is 29.5. The van der Waals surface area contributed by atoms with Crippen molar-refractivity contribution in [2.24, 2.45) is 0 Å². The van der Waals surface area contributed by atoms with Gasteiger partial charge in [0.05, 0.1) is 11.4 Å². The largest absolute Gasteiger partial charge is 0.248 e. The molecule has 0 atom stereocenters. The molecule has 0 N–H and O–H groups in total. The number of pyridine rings is 1. The van der Waals surface area contributed by atoms with Gasteiger partial charge in [0.15, 0.2) is 0 Å². The van der Waals surface area contributed by atoms with E-state index in [4.69, 9.17) is 4.98 Å². The molecule has 7 aromatic rings. The van der Waals surface area contributed by atoms with Crippen LogP contribution in [-0.2, 0) is 10.8 Å². The summed E-state index contributed by atoms with van der Waals surface area (Å²) in [7, 11) is 0. The predicted molar refractivity (Wildman–Crippen MR) is 205 cm³/mol. The second kappa shape index (κ2) is 13.2. The maximum atomic E-state index is 5.31. The van der Waals surface area contributed by atoms with Crippen molar-refractivity contribution >= 4 is 0 Å². The van der Waals surface area contributed by atoms with E-state index in [0.29, 0.717) is 0 Å². The maximum Gasteiger partial charge on any atom is 0.115 e. The molecule has 0 saturated heterocycles. The monoisotopic (exact) mass is 651 g/mol. The first-order chi connectivity index (χ1) is 24.0. The van der Waals surface area contributed by atoms with Crippen molar-refractivity contribution in [1.29, 1.82) is 0 Å². The molecule has 50 heavy (non-hydrogen) atoms.